The molecule has 0 saturated heterocycles. The second-order valence-corrected chi connectivity index (χ2v) is 3.52. The molecule has 0 bridgehead atoms. The third-order valence-electron chi connectivity index (χ3n) is 1.55. The van der Waals surface area contributed by atoms with Crippen LogP contribution in [0, 0.1) is 0 Å². The quantitative estimate of drug-likeness (QED) is 0.310. The summed E-state index contributed by atoms with van der Waals surface area (Å²) in [5, 5.41) is 0.332. The van der Waals surface area contributed by atoms with Crippen LogP contribution in [0.15, 0.2) is 22.4 Å². The molecule has 0 rings (SSSR count). The maximum Gasteiger partial charge on any atom is 0.162 e. The highest BCUT2D eigenvalue weighted by atomic mass is 35.5. The van der Waals surface area contributed by atoms with E-state index < -0.39 is 0 Å². The molecule has 0 aromatic carbocycles. The summed E-state index contributed by atoms with van der Waals surface area (Å²) >= 11 is 5.90. The molecule has 0 aliphatic heterocycles. The van der Waals surface area contributed by atoms with Gasteiger partial charge in [0.05, 0.1) is 5.57 Å². The number of aldehydes is 1. The lowest BCUT2D eigenvalue weighted by atomic mass is 10.1. The molecule has 78 valence electrons. The first-order chi connectivity index (χ1) is 6.40. The Labute approximate surface area is 89.0 Å². The van der Waals surface area contributed by atoms with Gasteiger partial charge in [-0.15, -0.1) is 0 Å². The Bertz CT molecular complexity index is 303. The predicted molar refractivity (Wildman–Crippen MR) is 57.1 cm³/mol. The first-order valence-corrected chi connectivity index (χ1v) is 4.49. The molecular formula is C10H14ClNO2. The van der Waals surface area contributed by atoms with Crippen molar-refractivity contribution < 1.29 is 9.59 Å². The molecule has 0 aliphatic rings. The van der Waals surface area contributed by atoms with E-state index in [1.54, 1.807) is 25.9 Å². The number of ketones is 1. The fourth-order valence-corrected chi connectivity index (χ4v) is 0.997. The van der Waals surface area contributed by atoms with E-state index in [-0.39, 0.29) is 5.78 Å². The molecular weight excluding hydrogens is 202 g/mol. The van der Waals surface area contributed by atoms with Crippen LogP contribution in [0.3, 0.4) is 0 Å². The van der Waals surface area contributed by atoms with Gasteiger partial charge in [0.25, 0.3) is 0 Å². The fraction of sp³-hybridized carbons (Fsp3) is 0.400. The van der Waals surface area contributed by atoms with E-state index in [9.17, 15) is 9.59 Å². The molecule has 14 heavy (non-hydrogen) atoms. The van der Waals surface area contributed by atoms with Crippen LogP contribution in [0.4, 0.5) is 0 Å². The number of allylic oxidation sites excluding steroid dienone is 3. The van der Waals surface area contributed by atoms with E-state index >= 15 is 0 Å². The number of carbonyl (C=O) groups excluding carboxylic acids is 2. The number of hydrogen-bond acceptors (Lipinski definition) is 3. The summed E-state index contributed by atoms with van der Waals surface area (Å²) in [6.07, 6.45) is 2.17. The first kappa shape index (κ1) is 12.9. The van der Waals surface area contributed by atoms with Gasteiger partial charge in [0.15, 0.2) is 5.78 Å². The van der Waals surface area contributed by atoms with Crippen molar-refractivity contribution in [1.82, 2.24) is 4.90 Å². The third kappa shape index (κ3) is 3.75. The van der Waals surface area contributed by atoms with Gasteiger partial charge in [0.2, 0.25) is 0 Å². The molecule has 0 unspecified atom stereocenters. The van der Waals surface area contributed by atoms with Gasteiger partial charge in [-0.25, -0.2) is 0 Å². The predicted octanol–water partition coefficient (Wildman–Crippen LogP) is 1.73. The monoisotopic (exact) mass is 215 g/mol. The van der Waals surface area contributed by atoms with Crippen LogP contribution in [-0.4, -0.2) is 31.1 Å². The second-order valence-electron chi connectivity index (χ2n) is 3.16. The Morgan fingerprint density at radius 1 is 1.29 bits per heavy atom. The average Bonchev–Trinajstić information content (AvgIpc) is 2.11. The van der Waals surface area contributed by atoms with Gasteiger partial charge in [-0.2, -0.15) is 0 Å². The molecule has 3 nitrogen and oxygen atoms in total. The van der Waals surface area contributed by atoms with E-state index in [1.165, 1.54) is 13.0 Å². The van der Waals surface area contributed by atoms with Gasteiger partial charge >= 0.3 is 0 Å². The van der Waals surface area contributed by atoms with Crippen LogP contribution < -0.4 is 0 Å². The minimum atomic E-state index is -0.162. The minimum Gasteiger partial charge on any atom is -0.368 e. The molecule has 0 N–H and O–H groups in total. The van der Waals surface area contributed by atoms with Crippen LogP contribution in [0.25, 0.3) is 0 Å². The highest BCUT2D eigenvalue weighted by Crippen LogP contribution is 2.15. The third-order valence-corrected chi connectivity index (χ3v) is 2.09. The highest BCUT2D eigenvalue weighted by molar-refractivity contribution is 6.31. The number of rotatable bonds is 4. The van der Waals surface area contributed by atoms with Crippen molar-refractivity contribution in [3.63, 3.8) is 0 Å². The van der Waals surface area contributed by atoms with Gasteiger partial charge in [0, 0.05) is 14.1 Å². The van der Waals surface area contributed by atoms with Crippen molar-refractivity contribution in [3.05, 3.63) is 22.4 Å². The maximum atomic E-state index is 11.2. The average molecular weight is 216 g/mol. The fourth-order valence-electron chi connectivity index (χ4n) is 0.809. The Hall–Kier alpha value is -1.09. The number of nitrogens with zero attached hydrogens (tertiary/aromatic N) is 1. The number of carbonyl (C=O) groups is 2. The van der Waals surface area contributed by atoms with Gasteiger partial charge in [-0.05, 0) is 25.5 Å². The maximum absolute atomic E-state index is 11.2. The molecule has 0 amide bonds. The van der Waals surface area contributed by atoms with E-state index in [0.717, 1.165) is 0 Å². The summed E-state index contributed by atoms with van der Waals surface area (Å²) in [6, 6.07) is 0. The lowest BCUT2D eigenvalue weighted by Gasteiger charge is -2.13. The molecule has 0 radical (unpaired) electrons. The Morgan fingerprint density at radius 3 is 2.07 bits per heavy atom. The zero-order valence-corrected chi connectivity index (χ0v) is 9.55. The Kier molecular flexibility index (Phi) is 5.16. The molecule has 4 heteroatoms. The minimum absolute atomic E-state index is 0.162. The van der Waals surface area contributed by atoms with Gasteiger partial charge in [0.1, 0.15) is 11.4 Å². The second kappa shape index (κ2) is 5.60. The topological polar surface area (TPSA) is 37.4 Å². The Balaban J connectivity index is 5.26. The SMILES string of the molecule is CC(=O)C(/C=C(/C)C=O)=C(\Cl)N(C)C. The number of hydrogen-bond donors (Lipinski definition) is 0. The van der Waals surface area contributed by atoms with Crippen molar-refractivity contribution in [2.45, 2.75) is 13.8 Å². The summed E-state index contributed by atoms with van der Waals surface area (Å²) in [7, 11) is 3.46. The highest BCUT2D eigenvalue weighted by Gasteiger charge is 2.09. The number of Topliss-reactive ketones (excluding diaryl/α,β-unsaturated/α-hetero) is 1. The molecule has 0 fully saturated rings. The van der Waals surface area contributed by atoms with Crippen LogP contribution in [0.2, 0.25) is 0 Å². The largest absolute Gasteiger partial charge is 0.368 e. The lowest BCUT2D eigenvalue weighted by molar-refractivity contribution is -0.113. The van der Waals surface area contributed by atoms with Gasteiger partial charge in [-0.3, -0.25) is 9.59 Å². The summed E-state index contributed by atoms with van der Waals surface area (Å²) < 4.78 is 0. The first-order valence-electron chi connectivity index (χ1n) is 4.11. The van der Waals surface area contributed by atoms with Crippen molar-refractivity contribution in [2.75, 3.05) is 14.1 Å². The van der Waals surface area contributed by atoms with Gasteiger partial charge in [-0.1, -0.05) is 11.6 Å². The zero-order chi connectivity index (χ0) is 11.3. The molecule has 0 atom stereocenters. The Morgan fingerprint density at radius 2 is 1.79 bits per heavy atom. The lowest BCUT2D eigenvalue weighted by Crippen LogP contribution is -2.11. The molecule has 0 saturated carbocycles. The van der Waals surface area contributed by atoms with E-state index in [0.29, 0.717) is 22.6 Å². The smallest absolute Gasteiger partial charge is 0.162 e. The summed E-state index contributed by atoms with van der Waals surface area (Å²) in [6.45, 7) is 3.03. The van der Waals surface area contributed by atoms with E-state index in [1.807, 2.05) is 0 Å². The molecule has 0 heterocycles. The standard InChI is InChI=1S/C10H14ClNO2/c1-7(6-13)5-9(8(2)14)10(11)12(3)4/h5-6H,1-4H3/b7-5-,10-9+. The van der Waals surface area contributed by atoms with Crippen molar-refractivity contribution >= 4 is 23.7 Å². The van der Waals surface area contributed by atoms with Crippen LogP contribution in [-0.2, 0) is 9.59 Å². The molecule has 0 aromatic rings. The van der Waals surface area contributed by atoms with Crippen molar-refractivity contribution in [3.8, 4) is 0 Å². The number of halogens is 1. The van der Waals surface area contributed by atoms with E-state index in [2.05, 4.69) is 0 Å². The molecule has 0 aliphatic carbocycles. The summed E-state index contributed by atoms with van der Waals surface area (Å²) in [5.74, 6) is -0.162. The van der Waals surface area contributed by atoms with Gasteiger partial charge < -0.3 is 4.90 Å². The molecule has 0 spiro atoms. The normalized spacial score (nSPS) is 13.4. The summed E-state index contributed by atoms with van der Waals surface area (Å²) in [4.78, 5) is 23.2. The van der Waals surface area contributed by atoms with Crippen molar-refractivity contribution in [2.24, 2.45) is 0 Å². The van der Waals surface area contributed by atoms with E-state index in [4.69, 9.17) is 11.6 Å². The van der Waals surface area contributed by atoms with Crippen molar-refractivity contribution in [1.29, 1.82) is 0 Å². The molecule has 0 aromatic heterocycles. The zero-order valence-electron chi connectivity index (χ0n) is 8.80. The van der Waals surface area contributed by atoms with Crippen LogP contribution in [0.1, 0.15) is 13.8 Å². The van der Waals surface area contributed by atoms with Crippen LogP contribution in [0.5, 0.6) is 0 Å². The van der Waals surface area contributed by atoms with Crippen LogP contribution >= 0.6 is 11.6 Å². The summed E-state index contributed by atoms with van der Waals surface area (Å²) in [5.41, 5.74) is 0.816.